The molecule has 1 saturated heterocycles. The number of hydrogen-bond donors (Lipinski definition) is 1. The van der Waals surface area contributed by atoms with E-state index >= 15 is 0 Å². The number of hydrogen-bond acceptors (Lipinski definition) is 3. The second kappa shape index (κ2) is 5.21. The van der Waals surface area contributed by atoms with Gasteiger partial charge in [-0.2, -0.15) is 11.8 Å². The third kappa shape index (κ3) is 2.71. The smallest absolute Gasteiger partial charge is 0.120 e. The summed E-state index contributed by atoms with van der Waals surface area (Å²) in [4.78, 5) is 0. The van der Waals surface area contributed by atoms with Gasteiger partial charge in [0.15, 0.2) is 0 Å². The monoisotopic (exact) mass is 249 g/mol. The van der Waals surface area contributed by atoms with Crippen LogP contribution in [-0.4, -0.2) is 24.2 Å². The second-order valence-corrected chi connectivity index (χ2v) is 5.96. The Morgan fingerprint density at radius 3 is 3.18 bits per heavy atom. The largest absolute Gasteiger partial charge is 0.490 e. The molecule has 3 rings (SSSR count). The Hall–Kier alpha value is -0.830. The van der Waals surface area contributed by atoms with E-state index in [1.807, 2.05) is 11.8 Å². The van der Waals surface area contributed by atoms with Crippen LogP contribution in [0.4, 0.5) is 5.69 Å². The fraction of sp³-hybridized carbons (Fsp3) is 0.571. The van der Waals surface area contributed by atoms with Gasteiger partial charge < -0.3 is 10.1 Å². The lowest BCUT2D eigenvalue weighted by molar-refractivity contribution is 0.211. The summed E-state index contributed by atoms with van der Waals surface area (Å²) in [6.45, 7) is 1.10. The lowest BCUT2D eigenvalue weighted by atomic mass is 10.0. The molecule has 0 spiro atoms. The molecular formula is C14H19NOS. The summed E-state index contributed by atoms with van der Waals surface area (Å²) in [6, 6.07) is 6.50. The first kappa shape index (κ1) is 11.3. The molecule has 2 nitrogen and oxygen atoms in total. The van der Waals surface area contributed by atoms with Crippen molar-refractivity contribution in [3.05, 3.63) is 23.8 Å². The molecule has 1 unspecified atom stereocenters. The lowest BCUT2D eigenvalue weighted by Crippen LogP contribution is -2.23. The molecule has 0 bridgehead atoms. The average molecular weight is 249 g/mol. The molecule has 2 aliphatic heterocycles. The summed E-state index contributed by atoms with van der Waals surface area (Å²) < 4.78 is 6.07. The maximum atomic E-state index is 6.07. The molecule has 17 heavy (non-hydrogen) atoms. The van der Waals surface area contributed by atoms with Crippen molar-refractivity contribution in [1.82, 2.24) is 0 Å². The summed E-state index contributed by atoms with van der Waals surface area (Å²) in [5.74, 6) is 3.50. The van der Waals surface area contributed by atoms with Gasteiger partial charge in [-0.05, 0) is 55.2 Å². The number of nitrogens with one attached hydrogen (secondary N) is 1. The number of benzene rings is 1. The number of thioether (sulfide) groups is 1. The highest BCUT2D eigenvalue weighted by Crippen LogP contribution is 2.28. The van der Waals surface area contributed by atoms with Crippen molar-refractivity contribution in [2.45, 2.75) is 31.8 Å². The highest BCUT2D eigenvalue weighted by molar-refractivity contribution is 7.99. The van der Waals surface area contributed by atoms with Gasteiger partial charge in [-0.25, -0.2) is 0 Å². The van der Waals surface area contributed by atoms with Crippen molar-refractivity contribution in [3.63, 3.8) is 0 Å². The number of ether oxygens (including phenoxy) is 1. The van der Waals surface area contributed by atoms with Gasteiger partial charge in [0.05, 0.1) is 0 Å². The zero-order valence-electron chi connectivity index (χ0n) is 10.1. The maximum Gasteiger partial charge on any atom is 0.120 e. The normalized spacial score (nSPS) is 23.6. The highest BCUT2D eigenvalue weighted by Gasteiger charge is 2.16. The summed E-state index contributed by atoms with van der Waals surface area (Å²) in [5.41, 5.74) is 2.71. The molecule has 0 amide bonds. The molecular weight excluding hydrogens is 230 g/mol. The first-order chi connectivity index (χ1) is 8.42. The van der Waals surface area contributed by atoms with E-state index < -0.39 is 0 Å². The van der Waals surface area contributed by atoms with Gasteiger partial charge >= 0.3 is 0 Å². The van der Waals surface area contributed by atoms with Crippen molar-refractivity contribution in [3.8, 4) is 5.75 Å². The fourth-order valence-corrected chi connectivity index (χ4v) is 3.56. The second-order valence-electron chi connectivity index (χ2n) is 4.81. The van der Waals surface area contributed by atoms with Gasteiger partial charge in [0.1, 0.15) is 11.9 Å². The van der Waals surface area contributed by atoms with E-state index in [-0.39, 0.29) is 0 Å². The molecule has 1 N–H and O–H groups in total. The number of rotatable bonds is 2. The summed E-state index contributed by atoms with van der Waals surface area (Å²) in [5, 5.41) is 3.43. The number of anilines is 1. The molecule has 0 saturated carbocycles. The first-order valence-corrected chi connectivity index (χ1v) is 7.68. The van der Waals surface area contributed by atoms with E-state index in [2.05, 4.69) is 23.5 Å². The minimum absolute atomic E-state index is 0.420. The average Bonchev–Trinajstić information content (AvgIpc) is 2.40. The molecule has 0 radical (unpaired) electrons. The van der Waals surface area contributed by atoms with Gasteiger partial charge in [0, 0.05) is 18.0 Å². The van der Waals surface area contributed by atoms with Gasteiger partial charge in [-0.15, -0.1) is 0 Å². The van der Waals surface area contributed by atoms with Crippen LogP contribution in [-0.2, 0) is 6.42 Å². The van der Waals surface area contributed by atoms with E-state index in [9.17, 15) is 0 Å². The van der Waals surface area contributed by atoms with Crippen LogP contribution in [0.3, 0.4) is 0 Å². The Morgan fingerprint density at radius 2 is 2.29 bits per heavy atom. The van der Waals surface area contributed by atoms with Crippen LogP contribution in [0.5, 0.6) is 5.75 Å². The van der Waals surface area contributed by atoms with Crippen LogP contribution in [0.2, 0.25) is 0 Å². The van der Waals surface area contributed by atoms with E-state index in [1.165, 1.54) is 42.7 Å². The topological polar surface area (TPSA) is 21.3 Å². The third-order valence-corrected chi connectivity index (χ3v) is 4.62. The Bertz CT molecular complexity index is 388. The summed E-state index contributed by atoms with van der Waals surface area (Å²) in [6.07, 6.45) is 5.34. The van der Waals surface area contributed by atoms with Crippen LogP contribution in [0.1, 0.15) is 24.8 Å². The molecule has 2 aliphatic rings. The van der Waals surface area contributed by atoms with Crippen LogP contribution < -0.4 is 10.1 Å². The maximum absolute atomic E-state index is 6.07. The van der Waals surface area contributed by atoms with Crippen LogP contribution in [0.25, 0.3) is 0 Å². The molecule has 0 aliphatic carbocycles. The highest BCUT2D eigenvalue weighted by atomic mass is 32.2. The van der Waals surface area contributed by atoms with E-state index in [0.29, 0.717) is 6.10 Å². The van der Waals surface area contributed by atoms with Crippen molar-refractivity contribution >= 4 is 17.4 Å². The molecule has 1 aromatic carbocycles. The molecule has 92 valence electrons. The van der Waals surface area contributed by atoms with Crippen molar-refractivity contribution in [2.75, 3.05) is 23.4 Å². The standard InChI is InChI=1S/C14H19NOS/c1-3-11-9-12(5-6-14(11)15-7-1)16-13-4-2-8-17-10-13/h5-6,9,13,15H,1-4,7-8,10H2. The molecule has 0 aromatic heterocycles. The quantitative estimate of drug-likeness (QED) is 0.869. The summed E-state index contributed by atoms with van der Waals surface area (Å²) in [7, 11) is 0. The van der Waals surface area contributed by atoms with Gasteiger partial charge in [-0.1, -0.05) is 0 Å². The number of aryl methyl sites for hydroxylation is 1. The Morgan fingerprint density at radius 1 is 1.29 bits per heavy atom. The lowest BCUT2D eigenvalue weighted by Gasteiger charge is -2.24. The SMILES string of the molecule is c1cc2c(cc1OC1CCCSC1)CCCN2. The first-order valence-electron chi connectivity index (χ1n) is 6.53. The zero-order valence-corrected chi connectivity index (χ0v) is 10.9. The molecule has 1 fully saturated rings. The zero-order chi connectivity index (χ0) is 11.5. The Kier molecular flexibility index (Phi) is 3.46. The predicted molar refractivity (Wildman–Crippen MR) is 74.2 cm³/mol. The van der Waals surface area contributed by atoms with Gasteiger partial charge in [0.2, 0.25) is 0 Å². The predicted octanol–water partition coefficient (Wildman–Crippen LogP) is 3.32. The van der Waals surface area contributed by atoms with Crippen LogP contribution >= 0.6 is 11.8 Å². The minimum Gasteiger partial charge on any atom is -0.490 e. The molecule has 2 heterocycles. The molecule has 3 heteroatoms. The minimum atomic E-state index is 0.420. The van der Waals surface area contributed by atoms with Crippen molar-refractivity contribution in [2.24, 2.45) is 0 Å². The van der Waals surface area contributed by atoms with Crippen molar-refractivity contribution in [1.29, 1.82) is 0 Å². The molecule has 1 aromatic rings. The van der Waals surface area contributed by atoms with E-state index in [4.69, 9.17) is 4.74 Å². The van der Waals surface area contributed by atoms with Crippen molar-refractivity contribution < 1.29 is 4.74 Å². The third-order valence-electron chi connectivity index (χ3n) is 3.44. The fourth-order valence-electron chi connectivity index (χ4n) is 2.52. The molecule has 1 atom stereocenters. The number of fused-ring (bicyclic) bond motifs is 1. The van der Waals surface area contributed by atoms with Gasteiger partial charge in [-0.3, -0.25) is 0 Å². The van der Waals surface area contributed by atoms with Crippen LogP contribution in [0.15, 0.2) is 18.2 Å². The Balaban J connectivity index is 1.70. The Labute approximate surface area is 107 Å². The van der Waals surface area contributed by atoms with Gasteiger partial charge in [0.25, 0.3) is 0 Å². The van der Waals surface area contributed by atoms with Crippen LogP contribution in [0, 0.1) is 0 Å². The summed E-state index contributed by atoms with van der Waals surface area (Å²) >= 11 is 2.01. The van der Waals surface area contributed by atoms with E-state index in [0.717, 1.165) is 18.0 Å². The van der Waals surface area contributed by atoms with E-state index in [1.54, 1.807) is 0 Å².